The van der Waals surface area contributed by atoms with Crippen molar-refractivity contribution in [2.75, 3.05) is 0 Å². The Morgan fingerprint density at radius 2 is 2.21 bits per heavy atom. The van der Waals surface area contributed by atoms with Crippen LogP contribution in [0.4, 0.5) is 0 Å². The summed E-state index contributed by atoms with van der Waals surface area (Å²) in [5.41, 5.74) is 7.90. The normalized spacial score (nSPS) is 13.1. The summed E-state index contributed by atoms with van der Waals surface area (Å²) in [5.74, 6) is 0.697. The first kappa shape index (κ1) is 13.9. The van der Waals surface area contributed by atoms with E-state index in [0.29, 0.717) is 5.88 Å². The zero-order chi connectivity index (χ0) is 14.2. The van der Waals surface area contributed by atoms with E-state index in [1.54, 1.807) is 0 Å². The lowest BCUT2D eigenvalue weighted by molar-refractivity contribution is -0.118. The lowest BCUT2D eigenvalue weighted by Crippen LogP contribution is -2.19. The number of carbonyl (C=O) groups excluding carboxylic acids is 1. The molecule has 2 aromatic heterocycles. The standard InChI is InChI=1S/C12H18ClN5O/c1-4-17-12-11(8(3)16-17)15-10(6-13)18(12)7(2)5-9(14)19/h7H,4-6H2,1-3H3,(H2,14,19). The first-order chi connectivity index (χ1) is 8.99. The maximum atomic E-state index is 11.1. The van der Waals surface area contributed by atoms with Gasteiger partial charge in [-0.3, -0.25) is 4.79 Å². The summed E-state index contributed by atoms with van der Waals surface area (Å²) in [7, 11) is 0. The molecule has 19 heavy (non-hydrogen) atoms. The van der Waals surface area contributed by atoms with Crippen molar-refractivity contribution in [2.45, 2.75) is 45.7 Å². The summed E-state index contributed by atoms with van der Waals surface area (Å²) in [6.45, 7) is 6.61. The molecular weight excluding hydrogens is 266 g/mol. The third-order valence-electron chi connectivity index (χ3n) is 3.17. The second-order valence-corrected chi connectivity index (χ2v) is 4.89. The van der Waals surface area contributed by atoms with Crippen molar-refractivity contribution in [2.24, 2.45) is 5.73 Å². The molecule has 2 rings (SSSR count). The zero-order valence-corrected chi connectivity index (χ0v) is 12.1. The molecular formula is C12H18ClN5O. The highest BCUT2D eigenvalue weighted by Crippen LogP contribution is 2.26. The minimum atomic E-state index is -0.339. The van der Waals surface area contributed by atoms with E-state index < -0.39 is 0 Å². The summed E-state index contributed by atoms with van der Waals surface area (Å²) < 4.78 is 3.85. The molecule has 2 heterocycles. The number of primary amides is 1. The fourth-order valence-corrected chi connectivity index (χ4v) is 2.58. The summed E-state index contributed by atoms with van der Waals surface area (Å²) in [6.07, 6.45) is 0.253. The van der Waals surface area contributed by atoms with Crippen LogP contribution in [0, 0.1) is 6.92 Å². The fraction of sp³-hybridized carbons (Fsp3) is 0.583. The Bertz CT molecular complexity index is 615. The van der Waals surface area contributed by atoms with E-state index in [-0.39, 0.29) is 18.4 Å². The number of aromatic nitrogens is 4. The van der Waals surface area contributed by atoms with Crippen LogP contribution < -0.4 is 5.73 Å². The molecule has 0 fully saturated rings. The molecule has 104 valence electrons. The average molecular weight is 284 g/mol. The molecule has 0 saturated carbocycles. The van der Waals surface area contributed by atoms with Crippen molar-refractivity contribution in [1.82, 2.24) is 19.3 Å². The van der Waals surface area contributed by atoms with Crippen LogP contribution in [0.1, 0.15) is 37.8 Å². The zero-order valence-electron chi connectivity index (χ0n) is 11.4. The van der Waals surface area contributed by atoms with Gasteiger partial charge in [0.15, 0.2) is 5.65 Å². The Labute approximate surface area is 116 Å². The number of hydrogen-bond donors (Lipinski definition) is 1. The summed E-state index contributed by atoms with van der Waals surface area (Å²) >= 11 is 5.96. The predicted octanol–water partition coefficient (Wildman–Crippen LogP) is 1.74. The van der Waals surface area contributed by atoms with Crippen LogP contribution in [0.15, 0.2) is 0 Å². The maximum absolute atomic E-state index is 11.1. The van der Waals surface area contributed by atoms with E-state index in [2.05, 4.69) is 10.1 Å². The Kier molecular flexibility index (Phi) is 3.80. The molecule has 0 saturated heterocycles. The number of rotatable bonds is 5. The Morgan fingerprint density at radius 3 is 2.74 bits per heavy atom. The van der Waals surface area contributed by atoms with Crippen molar-refractivity contribution >= 4 is 28.7 Å². The second kappa shape index (κ2) is 5.21. The van der Waals surface area contributed by atoms with Crippen LogP contribution in [-0.2, 0) is 17.2 Å². The lowest BCUT2D eigenvalue weighted by atomic mass is 10.2. The van der Waals surface area contributed by atoms with Crippen LogP contribution in [0.3, 0.4) is 0 Å². The van der Waals surface area contributed by atoms with E-state index in [9.17, 15) is 4.79 Å². The Hall–Kier alpha value is -1.56. The number of hydrogen-bond acceptors (Lipinski definition) is 3. The topological polar surface area (TPSA) is 78.7 Å². The highest BCUT2D eigenvalue weighted by molar-refractivity contribution is 6.16. The van der Waals surface area contributed by atoms with Crippen molar-refractivity contribution in [1.29, 1.82) is 0 Å². The summed E-state index contributed by atoms with van der Waals surface area (Å²) in [5, 5.41) is 4.44. The molecule has 0 bridgehead atoms. The van der Waals surface area contributed by atoms with Gasteiger partial charge in [-0.2, -0.15) is 5.10 Å². The Morgan fingerprint density at radius 1 is 1.53 bits per heavy atom. The second-order valence-electron chi connectivity index (χ2n) is 4.62. The molecule has 0 aliphatic rings. The first-order valence-corrected chi connectivity index (χ1v) is 6.81. The molecule has 1 amide bonds. The monoisotopic (exact) mass is 283 g/mol. The molecule has 0 spiro atoms. The molecule has 2 aromatic rings. The summed E-state index contributed by atoms with van der Waals surface area (Å²) in [6, 6.07) is -0.0855. The van der Waals surface area contributed by atoms with Crippen LogP contribution in [0.5, 0.6) is 0 Å². The quantitative estimate of drug-likeness (QED) is 0.849. The largest absolute Gasteiger partial charge is 0.370 e. The van der Waals surface area contributed by atoms with Crippen molar-refractivity contribution in [3.8, 4) is 0 Å². The maximum Gasteiger partial charge on any atom is 0.219 e. The van der Waals surface area contributed by atoms with Gasteiger partial charge in [-0.15, -0.1) is 11.6 Å². The highest BCUT2D eigenvalue weighted by Gasteiger charge is 2.22. The Balaban J connectivity index is 2.64. The number of carbonyl (C=O) groups is 1. The van der Waals surface area contributed by atoms with Crippen LogP contribution in [-0.4, -0.2) is 25.2 Å². The third kappa shape index (κ3) is 2.32. The molecule has 7 heteroatoms. The van der Waals surface area contributed by atoms with Gasteiger partial charge < -0.3 is 10.3 Å². The molecule has 0 radical (unpaired) electrons. The first-order valence-electron chi connectivity index (χ1n) is 6.28. The number of amides is 1. The van der Waals surface area contributed by atoms with Gasteiger partial charge in [-0.1, -0.05) is 0 Å². The van der Waals surface area contributed by atoms with Gasteiger partial charge in [-0.25, -0.2) is 9.67 Å². The predicted molar refractivity (Wildman–Crippen MR) is 74.0 cm³/mol. The smallest absolute Gasteiger partial charge is 0.219 e. The van der Waals surface area contributed by atoms with Crippen LogP contribution in [0.25, 0.3) is 11.2 Å². The number of imidazole rings is 1. The lowest BCUT2D eigenvalue weighted by Gasteiger charge is -2.15. The number of nitrogens with zero attached hydrogens (tertiary/aromatic N) is 4. The van der Waals surface area contributed by atoms with E-state index in [1.807, 2.05) is 30.0 Å². The van der Waals surface area contributed by atoms with Gasteiger partial charge in [0.2, 0.25) is 5.91 Å². The molecule has 0 aliphatic heterocycles. The number of aryl methyl sites for hydroxylation is 2. The minimum absolute atomic E-state index is 0.0855. The molecule has 0 aromatic carbocycles. The van der Waals surface area contributed by atoms with E-state index in [4.69, 9.17) is 17.3 Å². The van der Waals surface area contributed by atoms with Crippen LogP contribution >= 0.6 is 11.6 Å². The van der Waals surface area contributed by atoms with Gasteiger partial charge >= 0.3 is 0 Å². The number of alkyl halides is 1. The van der Waals surface area contributed by atoms with Gasteiger partial charge in [0, 0.05) is 19.0 Å². The third-order valence-corrected chi connectivity index (χ3v) is 3.41. The number of fused-ring (bicyclic) bond motifs is 1. The van der Waals surface area contributed by atoms with Gasteiger partial charge in [-0.05, 0) is 20.8 Å². The van der Waals surface area contributed by atoms with Crippen molar-refractivity contribution < 1.29 is 4.79 Å². The van der Waals surface area contributed by atoms with Crippen LogP contribution in [0.2, 0.25) is 0 Å². The summed E-state index contributed by atoms with van der Waals surface area (Å²) in [4.78, 5) is 15.7. The fourth-order valence-electron chi connectivity index (χ4n) is 2.39. The van der Waals surface area contributed by atoms with Crippen molar-refractivity contribution in [3.05, 3.63) is 11.5 Å². The molecule has 1 unspecified atom stereocenters. The van der Waals surface area contributed by atoms with E-state index in [0.717, 1.165) is 29.2 Å². The van der Waals surface area contributed by atoms with Gasteiger partial charge in [0.1, 0.15) is 11.3 Å². The SMILES string of the molecule is CCn1nc(C)c2nc(CCl)n(C(C)CC(N)=O)c21. The minimum Gasteiger partial charge on any atom is -0.370 e. The van der Waals surface area contributed by atoms with E-state index >= 15 is 0 Å². The average Bonchev–Trinajstić information content (AvgIpc) is 2.86. The van der Waals surface area contributed by atoms with Gasteiger partial charge in [0.25, 0.3) is 0 Å². The highest BCUT2D eigenvalue weighted by atomic mass is 35.5. The van der Waals surface area contributed by atoms with Crippen molar-refractivity contribution in [3.63, 3.8) is 0 Å². The van der Waals surface area contributed by atoms with Gasteiger partial charge in [0.05, 0.1) is 11.6 Å². The molecule has 1 atom stereocenters. The molecule has 6 nitrogen and oxygen atoms in total. The molecule has 0 aliphatic carbocycles. The van der Waals surface area contributed by atoms with E-state index in [1.165, 1.54) is 0 Å². The molecule has 2 N–H and O–H groups in total. The number of halogens is 1. The number of nitrogens with two attached hydrogens (primary N) is 1.